The number of hydrogen-bond donors (Lipinski definition) is 1. The zero-order chi connectivity index (χ0) is 15.8. The molecule has 110 valence electrons. The SMILES string of the molecule is C#CC(=O)C1=CC=CNC1C(=O)C1=CC=CCN1C.CC. The summed E-state index contributed by atoms with van der Waals surface area (Å²) in [5.74, 6) is 1.42. The van der Waals surface area contributed by atoms with Gasteiger partial charge in [-0.3, -0.25) is 9.59 Å². The van der Waals surface area contributed by atoms with E-state index in [2.05, 4.69) is 11.2 Å². The van der Waals surface area contributed by atoms with Gasteiger partial charge in [-0.2, -0.15) is 0 Å². The molecule has 0 saturated heterocycles. The Labute approximate surface area is 125 Å². The Hall–Kier alpha value is -2.54. The molecule has 0 radical (unpaired) electrons. The van der Waals surface area contributed by atoms with E-state index in [4.69, 9.17) is 6.42 Å². The van der Waals surface area contributed by atoms with Crippen LogP contribution in [0.1, 0.15) is 13.8 Å². The highest BCUT2D eigenvalue weighted by molar-refractivity contribution is 6.15. The van der Waals surface area contributed by atoms with Crippen LogP contribution in [0.25, 0.3) is 0 Å². The average molecular weight is 284 g/mol. The quantitative estimate of drug-likeness (QED) is 0.631. The van der Waals surface area contributed by atoms with E-state index in [-0.39, 0.29) is 5.78 Å². The van der Waals surface area contributed by atoms with E-state index < -0.39 is 11.8 Å². The van der Waals surface area contributed by atoms with Crippen LogP contribution in [-0.2, 0) is 9.59 Å². The Kier molecular flexibility index (Phi) is 6.22. The predicted molar refractivity (Wildman–Crippen MR) is 84.2 cm³/mol. The predicted octanol–water partition coefficient (Wildman–Crippen LogP) is 1.58. The molecule has 2 rings (SSSR count). The summed E-state index contributed by atoms with van der Waals surface area (Å²) in [6, 6.07) is -0.714. The normalized spacial score (nSPS) is 19.3. The second-order valence-electron chi connectivity index (χ2n) is 4.28. The number of terminal acetylenes is 1. The Balaban J connectivity index is 0.00000106. The smallest absolute Gasteiger partial charge is 0.234 e. The average Bonchev–Trinajstić information content (AvgIpc) is 2.56. The summed E-state index contributed by atoms with van der Waals surface area (Å²) in [6.45, 7) is 4.67. The van der Waals surface area contributed by atoms with Gasteiger partial charge < -0.3 is 10.2 Å². The fraction of sp³-hybridized carbons (Fsp3) is 0.294. The van der Waals surface area contributed by atoms with Crippen LogP contribution in [0.5, 0.6) is 0 Å². The summed E-state index contributed by atoms with van der Waals surface area (Å²) in [5.41, 5.74) is 0.866. The standard InChI is InChI=1S/C15H14N2O2.C2H6/c1-3-13(18)11-7-6-9-16-14(11)15(19)12-8-4-5-10-17(12)2;1-2/h1,4-9,14,16H,10H2,2H3;1-2H3. The van der Waals surface area contributed by atoms with Gasteiger partial charge in [-0.1, -0.05) is 32.1 Å². The molecule has 1 atom stereocenters. The third-order valence-electron chi connectivity index (χ3n) is 3.03. The van der Waals surface area contributed by atoms with Crippen molar-refractivity contribution in [1.82, 2.24) is 10.2 Å². The van der Waals surface area contributed by atoms with Crippen molar-refractivity contribution in [3.63, 3.8) is 0 Å². The summed E-state index contributed by atoms with van der Waals surface area (Å²) in [4.78, 5) is 26.0. The van der Waals surface area contributed by atoms with Crippen LogP contribution in [0.15, 0.2) is 47.9 Å². The third kappa shape index (κ3) is 3.73. The molecule has 0 amide bonds. The van der Waals surface area contributed by atoms with Gasteiger partial charge in [0.1, 0.15) is 6.04 Å². The van der Waals surface area contributed by atoms with Gasteiger partial charge in [0.05, 0.1) is 5.70 Å². The van der Waals surface area contributed by atoms with Crippen LogP contribution in [0.3, 0.4) is 0 Å². The van der Waals surface area contributed by atoms with Gasteiger partial charge in [-0.25, -0.2) is 0 Å². The molecule has 0 saturated carbocycles. The zero-order valence-corrected chi connectivity index (χ0v) is 12.6. The molecule has 0 spiro atoms. The van der Waals surface area contributed by atoms with E-state index in [1.807, 2.05) is 37.9 Å². The second kappa shape index (κ2) is 7.91. The van der Waals surface area contributed by atoms with Crippen LogP contribution in [0, 0.1) is 12.3 Å². The molecular weight excluding hydrogens is 264 g/mol. The zero-order valence-electron chi connectivity index (χ0n) is 12.6. The highest BCUT2D eigenvalue weighted by atomic mass is 16.1. The van der Waals surface area contributed by atoms with E-state index in [0.717, 1.165) is 0 Å². The second-order valence-corrected chi connectivity index (χ2v) is 4.28. The molecule has 1 unspecified atom stereocenters. The molecular formula is C17H20N2O2. The molecule has 2 heterocycles. The van der Waals surface area contributed by atoms with E-state index in [9.17, 15) is 9.59 Å². The van der Waals surface area contributed by atoms with Crippen molar-refractivity contribution in [2.24, 2.45) is 0 Å². The van der Waals surface area contributed by atoms with Gasteiger partial charge in [0.15, 0.2) is 0 Å². The first-order valence-corrected chi connectivity index (χ1v) is 6.91. The largest absolute Gasteiger partial charge is 0.377 e. The fourth-order valence-corrected chi connectivity index (χ4v) is 2.02. The lowest BCUT2D eigenvalue weighted by molar-refractivity contribution is -0.119. The Morgan fingerprint density at radius 2 is 2.05 bits per heavy atom. The molecule has 4 nitrogen and oxygen atoms in total. The Bertz CT molecular complexity index is 574. The monoisotopic (exact) mass is 284 g/mol. The molecule has 0 aromatic carbocycles. The number of likely N-dealkylation sites (N-methyl/N-ethyl adjacent to an activating group) is 1. The number of allylic oxidation sites excluding steroid dienone is 4. The summed E-state index contributed by atoms with van der Waals surface area (Å²) in [6.07, 6.45) is 15.5. The van der Waals surface area contributed by atoms with Crippen molar-refractivity contribution < 1.29 is 9.59 Å². The van der Waals surface area contributed by atoms with Gasteiger partial charge in [0, 0.05) is 19.2 Å². The van der Waals surface area contributed by atoms with Crippen molar-refractivity contribution in [3.05, 3.63) is 47.9 Å². The summed E-state index contributed by atoms with van der Waals surface area (Å²) in [5, 5.41) is 2.90. The number of ketones is 2. The Morgan fingerprint density at radius 3 is 2.67 bits per heavy atom. The van der Waals surface area contributed by atoms with Gasteiger partial charge in [0.2, 0.25) is 11.6 Å². The van der Waals surface area contributed by atoms with Crippen LogP contribution in [-0.4, -0.2) is 36.1 Å². The maximum absolute atomic E-state index is 12.5. The van der Waals surface area contributed by atoms with Crippen LogP contribution in [0.2, 0.25) is 0 Å². The summed E-state index contributed by atoms with van der Waals surface area (Å²) in [7, 11) is 1.83. The van der Waals surface area contributed by atoms with E-state index in [0.29, 0.717) is 17.8 Å². The number of Topliss-reactive ketones (excluding diaryl/α,β-unsaturated/α-hetero) is 2. The van der Waals surface area contributed by atoms with E-state index in [1.54, 1.807) is 24.4 Å². The lowest BCUT2D eigenvalue weighted by Crippen LogP contribution is -2.43. The third-order valence-corrected chi connectivity index (χ3v) is 3.03. The lowest BCUT2D eigenvalue weighted by Gasteiger charge is -2.27. The van der Waals surface area contributed by atoms with Gasteiger partial charge in [0.25, 0.3) is 0 Å². The van der Waals surface area contributed by atoms with Crippen molar-refractivity contribution in [2.75, 3.05) is 13.6 Å². The molecule has 21 heavy (non-hydrogen) atoms. The van der Waals surface area contributed by atoms with Crippen molar-refractivity contribution in [1.29, 1.82) is 0 Å². The molecule has 2 aliphatic rings. The first kappa shape index (κ1) is 16.5. The topological polar surface area (TPSA) is 49.4 Å². The molecule has 0 aliphatic carbocycles. The van der Waals surface area contributed by atoms with Gasteiger partial charge in [-0.05, 0) is 24.3 Å². The number of nitrogens with one attached hydrogen (secondary N) is 1. The summed E-state index contributed by atoms with van der Waals surface area (Å²) >= 11 is 0. The molecule has 0 bridgehead atoms. The first-order chi connectivity index (χ1) is 10.1. The van der Waals surface area contributed by atoms with Crippen LogP contribution < -0.4 is 5.32 Å². The van der Waals surface area contributed by atoms with E-state index >= 15 is 0 Å². The maximum atomic E-state index is 12.5. The van der Waals surface area contributed by atoms with E-state index in [1.165, 1.54) is 0 Å². The highest BCUT2D eigenvalue weighted by Crippen LogP contribution is 2.17. The first-order valence-electron chi connectivity index (χ1n) is 6.91. The molecule has 2 aliphatic heterocycles. The van der Waals surface area contributed by atoms with Gasteiger partial charge >= 0.3 is 0 Å². The number of dihydropyridines is 1. The molecule has 0 fully saturated rings. The van der Waals surface area contributed by atoms with Crippen molar-refractivity contribution in [3.8, 4) is 12.3 Å². The number of rotatable bonds is 3. The summed E-state index contributed by atoms with van der Waals surface area (Å²) < 4.78 is 0. The van der Waals surface area contributed by atoms with Crippen LogP contribution in [0.4, 0.5) is 0 Å². The van der Waals surface area contributed by atoms with Gasteiger partial charge in [-0.15, -0.1) is 6.42 Å². The highest BCUT2D eigenvalue weighted by Gasteiger charge is 2.30. The molecule has 4 heteroatoms. The molecule has 0 aromatic heterocycles. The molecule has 0 aromatic rings. The number of nitrogens with zero attached hydrogens (tertiary/aromatic N) is 1. The van der Waals surface area contributed by atoms with Crippen molar-refractivity contribution in [2.45, 2.75) is 19.9 Å². The van der Waals surface area contributed by atoms with Crippen LogP contribution >= 0.6 is 0 Å². The maximum Gasteiger partial charge on any atom is 0.234 e. The number of carbonyl (C=O) groups is 2. The molecule has 1 N–H and O–H groups in total. The minimum absolute atomic E-state index is 0.161. The number of carbonyl (C=O) groups excluding carboxylic acids is 2. The number of hydrogen-bond acceptors (Lipinski definition) is 4. The lowest BCUT2D eigenvalue weighted by atomic mass is 9.94. The minimum atomic E-state index is -0.714. The fourth-order valence-electron chi connectivity index (χ4n) is 2.02. The minimum Gasteiger partial charge on any atom is -0.377 e. The van der Waals surface area contributed by atoms with Crippen molar-refractivity contribution >= 4 is 11.6 Å². The Morgan fingerprint density at radius 1 is 1.33 bits per heavy atom.